The molecular weight excluding hydrogens is 304 g/mol. The lowest BCUT2D eigenvalue weighted by Gasteiger charge is -2.40. The number of esters is 1. The van der Waals surface area contributed by atoms with E-state index in [0.29, 0.717) is 17.8 Å². The first-order valence-electron chi connectivity index (χ1n) is 8.05. The van der Waals surface area contributed by atoms with Crippen molar-refractivity contribution >= 4 is 12.0 Å². The third-order valence-corrected chi connectivity index (χ3v) is 4.47. The molecule has 1 aromatic carbocycles. The second-order valence-corrected chi connectivity index (χ2v) is 6.64. The van der Waals surface area contributed by atoms with Gasteiger partial charge in [0.05, 0.1) is 0 Å². The van der Waals surface area contributed by atoms with Gasteiger partial charge in [-0.05, 0) is 52.0 Å². The maximum absolute atomic E-state index is 12.2. The van der Waals surface area contributed by atoms with Crippen LogP contribution in [0.1, 0.15) is 38.8 Å². The molecule has 0 aromatic heterocycles. The Morgan fingerprint density at radius 3 is 2.83 bits per heavy atom. The number of fused-ring (bicyclic) bond motifs is 3. The van der Waals surface area contributed by atoms with Crippen molar-refractivity contribution in [1.29, 1.82) is 0 Å². The summed E-state index contributed by atoms with van der Waals surface area (Å²) in [7, 11) is 0. The lowest BCUT2D eigenvalue weighted by Crippen LogP contribution is -2.49. The first-order chi connectivity index (χ1) is 11.3. The van der Waals surface area contributed by atoms with Crippen LogP contribution >= 0.6 is 0 Å². The molecule has 0 N–H and O–H groups in total. The van der Waals surface area contributed by atoms with Crippen LogP contribution in [0.4, 0.5) is 0 Å². The Balaban J connectivity index is 1.96. The van der Waals surface area contributed by atoms with Gasteiger partial charge in [-0.3, -0.25) is 0 Å². The Hall–Kier alpha value is -2.49. The predicted octanol–water partition coefficient (Wildman–Crippen LogP) is 4.20. The van der Waals surface area contributed by atoms with Gasteiger partial charge >= 0.3 is 5.97 Å². The molecule has 2 aliphatic heterocycles. The van der Waals surface area contributed by atoms with Crippen LogP contribution in [0.15, 0.2) is 42.2 Å². The van der Waals surface area contributed by atoms with Crippen LogP contribution in [0.5, 0.6) is 11.5 Å². The first-order valence-corrected chi connectivity index (χ1v) is 8.05. The number of benzene rings is 1. The second-order valence-electron chi connectivity index (χ2n) is 6.64. The van der Waals surface area contributed by atoms with Crippen LogP contribution in [-0.2, 0) is 16.0 Å². The monoisotopic (exact) mass is 326 g/mol. The summed E-state index contributed by atoms with van der Waals surface area (Å²) >= 11 is 0. The van der Waals surface area contributed by atoms with Gasteiger partial charge in [0.1, 0.15) is 29.0 Å². The van der Waals surface area contributed by atoms with Gasteiger partial charge in [0.15, 0.2) is 0 Å². The topological polar surface area (TPSA) is 44.8 Å². The molecule has 1 aromatic rings. The van der Waals surface area contributed by atoms with Gasteiger partial charge in [0, 0.05) is 23.1 Å². The standard InChI is InChI=1S/C20H22O4/c1-6-12(2)19(21)23-17-11-15-16(24-20(17,4)5)10-9-14-8-7-13(3)22-18(14)15/h6-10,17H,3,11H2,1-2,4-5H3/b12-6-. The fourth-order valence-corrected chi connectivity index (χ4v) is 2.82. The van der Waals surface area contributed by atoms with Crippen LogP contribution in [0.2, 0.25) is 0 Å². The van der Waals surface area contributed by atoms with Crippen LogP contribution in [0.3, 0.4) is 0 Å². The number of carbonyl (C=O) groups excluding carboxylic acids is 1. The predicted molar refractivity (Wildman–Crippen MR) is 93.0 cm³/mol. The maximum atomic E-state index is 12.2. The van der Waals surface area contributed by atoms with Gasteiger partial charge in [0.25, 0.3) is 0 Å². The molecule has 3 rings (SSSR count). The Morgan fingerprint density at radius 2 is 2.12 bits per heavy atom. The van der Waals surface area contributed by atoms with Crippen molar-refractivity contribution in [3.63, 3.8) is 0 Å². The quantitative estimate of drug-likeness (QED) is 0.603. The van der Waals surface area contributed by atoms with Gasteiger partial charge in [-0.2, -0.15) is 0 Å². The average Bonchev–Trinajstić information content (AvgIpc) is 2.54. The van der Waals surface area contributed by atoms with E-state index in [4.69, 9.17) is 14.2 Å². The normalized spacial score (nSPS) is 21.2. The van der Waals surface area contributed by atoms with E-state index in [1.54, 1.807) is 13.0 Å². The molecule has 126 valence electrons. The van der Waals surface area contributed by atoms with Crippen molar-refractivity contribution in [2.45, 2.75) is 45.8 Å². The number of hydrogen-bond acceptors (Lipinski definition) is 4. The van der Waals surface area contributed by atoms with E-state index in [0.717, 1.165) is 22.6 Å². The Bertz CT molecular complexity index is 768. The second kappa shape index (κ2) is 5.86. The zero-order valence-corrected chi connectivity index (χ0v) is 14.5. The molecule has 4 heteroatoms. The number of allylic oxidation sites excluding steroid dienone is 2. The number of rotatable bonds is 2. The molecule has 0 saturated carbocycles. The van der Waals surface area contributed by atoms with Crippen LogP contribution < -0.4 is 9.47 Å². The number of carbonyl (C=O) groups is 1. The maximum Gasteiger partial charge on any atom is 0.333 e. The molecule has 2 heterocycles. The molecule has 1 unspecified atom stereocenters. The van der Waals surface area contributed by atoms with Crippen molar-refractivity contribution in [2.75, 3.05) is 0 Å². The summed E-state index contributed by atoms with van der Waals surface area (Å²) in [5.74, 6) is 1.76. The van der Waals surface area contributed by atoms with Crippen molar-refractivity contribution in [1.82, 2.24) is 0 Å². The Morgan fingerprint density at radius 1 is 1.38 bits per heavy atom. The summed E-state index contributed by atoms with van der Waals surface area (Å²) in [6.07, 6.45) is 5.67. The molecule has 0 aliphatic carbocycles. The molecule has 0 bridgehead atoms. The van der Waals surface area contributed by atoms with E-state index < -0.39 is 11.7 Å². The zero-order chi connectivity index (χ0) is 17.5. The minimum absolute atomic E-state index is 0.322. The smallest absolute Gasteiger partial charge is 0.333 e. The number of ether oxygens (including phenoxy) is 3. The van der Waals surface area contributed by atoms with E-state index in [1.165, 1.54) is 0 Å². The fourth-order valence-electron chi connectivity index (χ4n) is 2.82. The molecule has 0 fully saturated rings. The van der Waals surface area contributed by atoms with Crippen LogP contribution in [0.25, 0.3) is 6.08 Å². The Labute approximate surface area is 142 Å². The van der Waals surface area contributed by atoms with Crippen molar-refractivity contribution < 1.29 is 19.0 Å². The van der Waals surface area contributed by atoms with E-state index >= 15 is 0 Å². The van der Waals surface area contributed by atoms with Gasteiger partial charge in [0.2, 0.25) is 0 Å². The third-order valence-electron chi connectivity index (χ3n) is 4.47. The average molecular weight is 326 g/mol. The molecule has 24 heavy (non-hydrogen) atoms. The van der Waals surface area contributed by atoms with Gasteiger partial charge in [-0.1, -0.05) is 12.7 Å². The molecule has 0 amide bonds. The summed E-state index contributed by atoms with van der Waals surface area (Å²) in [5, 5.41) is 0. The van der Waals surface area contributed by atoms with E-state index in [9.17, 15) is 4.79 Å². The first kappa shape index (κ1) is 16.4. The van der Waals surface area contributed by atoms with E-state index in [2.05, 4.69) is 6.58 Å². The highest BCUT2D eigenvalue weighted by molar-refractivity contribution is 5.87. The minimum Gasteiger partial charge on any atom is -0.484 e. The molecule has 1 atom stereocenters. The highest BCUT2D eigenvalue weighted by Crippen LogP contribution is 2.43. The van der Waals surface area contributed by atoms with Crippen molar-refractivity contribution in [3.8, 4) is 11.5 Å². The van der Waals surface area contributed by atoms with Crippen LogP contribution in [-0.4, -0.2) is 17.7 Å². The Kier molecular flexibility index (Phi) is 3.99. The SMILES string of the molecule is C=C1C=Cc2ccc3c(c2O1)CC(OC(=O)/C(C)=C\C)C(C)(C)O3. The van der Waals surface area contributed by atoms with Gasteiger partial charge in [-0.15, -0.1) is 0 Å². The highest BCUT2D eigenvalue weighted by Gasteiger charge is 2.41. The zero-order valence-electron chi connectivity index (χ0n) is 14.5. The lowest BCUT2D eigenvalue weighted by molar-refractivity contribution is -0.156. The summed E-state index contributed by atoms with van der Waals surface area (Å²) in [6, 6.07) is 3.90. The fraction of sp³-hybridized carbons (Fsp3) is 0.350. The summed E-state index contributed by atoms with van der Waals surface area (Å²) in [5.41, 5.74) is 1.85. The summed E-state index contributed by atoms with van der Waals surface area (Å²) < 4.78 is 17.6. The minimum atomic E-state index is -0.619. The molecule has 0 spiro atoms. The lowest BCUT2D eigenvalue weighted by atomic mass is 9.89. The van der Waals surface area contributed by atoms with Gasteiger partial charge < -0.3 is 14.2 Å². The molecule has 4 nitrogen and oxygen atoms in total. The van der Waals surface area contributed by atoms with E-state index in [1.807, 2.05) is 45.1 Å². The van der Waals surface area contributed by atoms with Crippen LogP contribution in [0, 0.1) is 0 Å². The molecule has 2 aliphatic rings. The van der Waals surface area contributed by atoms with Crippen molar-refractivity contribution in [3.05, 3.63) is 53.3 Å². The van der Waals surface area contributed by atoms with E-state index in [-0.39, 0.29) is 5.97 Å². The molecular formula is C20H22O4. The highest BCUT2D eigenvalue weighted by atomic mass is 16.6. The summed E-state index contributed by atoms with van der Waals surface area (Å²) in [6.45, 7) is 11.3. The third kappa shape index (κ3) is 2.84. The molecule has 0 saturated heterocycles. The largest absolute Gasteiger partial charge is 0.484 e. The molecule has 0 radical (unpaired) electrons. The summed E-state index contributed by atoms with van der Waals surface area (Å²) in [4.78, 5) is 12.2. The van der Waals surface area contributed by atoms with Crippen molar-refractivity contribution in [2.24, 2.45) is 0 Å². The van der Waals surface area contributed by atoms with Gasteiger partial charge in [-0.25, -0.2) is 4.79 Å². The number of hydrogen-bond donors (Lipinski definition) is 0.